The summed E-state index contributed by atoms with van der Waals surface area (Å²) in [5.74, 6) is -1.36. The quantitative estimate of drug-likeness (QED) is 0.878. The maximum absolute atomic E-state index is 10.8. The maximum Gasteiger partial charge on any atom is 0.308 e. The number of nitrogens with one attached hydrogen (secondary N) is 1. The van der Waals surface area contributed by atoms with Crippen LogP contribution in [0.3, 0.4) is 0 Å². The molecular weight excluding hydrogens is 261 g/mol. The molecule has 0 fully saturated rings. The third kappa shape index (κ3) is 3.51. The minimum Gasteiger partial charge on any atom is -0.481 e. The summed E-state index contributed by atoms with van der Waals surface area (Å²) in [7, 11) is 0. The summed E-state index contributed by atoms with van der Waals surface area (Å²) >= 11 is 12.1. The van der Waals surface area contributed by atoms with Crippen LogP contribution in [0, 0.1) is 12.8 Å². The zero-order chi connectivity index (χ0) is 13.2. The van der Waals surface area contributed by atoms with Crippen molar-refractivity contribution in [3.05, 3.63) is 27.7 Å². The summed E-state index contributed by atoms with van der Waals surface area (Å²) in [4.78, 5) is 10.8. The van der Waals surface area contributed by atoms with Gasteiger partial charge in [0.25, 0.3) is 0 Å². The summed E-state index contributed by atoms with van der Waals surface area (Å²) in [5, 5.41) is 13.1. The SMILES string of the molecule is Cc1cc(Cl)c(NC(C)C(C)C(=O)O)cc1Cl. The molecule has 0 bridgehead atoms. The van der Waals surface area contributed by atoms with Gasteiger partial charge in [-0.15, -0.1) is 0 Å². The molecule has 0 saturated carbocycles. The Morgan fingerprint density at radius 3 is 2.41 bits per heavy atom. The summed E-state index contributed by atoms with van der Waals surface area (Å²) in [6, 6.07) is 3.23. The molecule has 0 saturated heterocycles. The van der Waals surface area contributed by atoms with Gasteiger partial charge < -0.3 is 10.4 Å². The second-order valence-corrected chi connectivity index (χ2v) is 4.96. The zero-order valence-corrected chi connectivity index (χ0v) is 11.4. The van der Waals surface area contributed by atoms with Gasteiger partial charge in [0, 0.05) is 11.1 Å². The monoisotopic (exact) mass is 275 g/mol. The fraction of sp³-hybridized carbons (Fsp3) is 0.417. The lowest BCUT2D eigenvalue weighted by Crippen LogP contribution is -2.29. The van der Waals surface area contributed by atoms with Crippen molar-refractivity contribution in [1.29, 1.82) is 0 Å². The van der Waals surface area contributed by atoms with Crippen molar-refractivity contribution in [3.63, 3.8) is 0 Å². The highest BCUT2D eigenvalue weighted by Crippen LogP contribution is 2.29. The Kier molecular flexibility index (Phi) is 4.66. The number of carboxylic acids is 1. The maximum atomic E-state index is 10.8. The van der Waals surface area contributed by atoms with Crippen LogP contribution in [-0.4, -0.2) is 17.1 Å². The number of hydrogen-bond acceptors (Lipinski definition) is 2. The van der Waals surface area contributed by atoms with Crippen LogP contribution >= 0.6 is 23.2 Å². The normalized spacial score (nSPS) is 14.2. The number of anilines is 1. The van der Waals surface area contributed by atoms with Gasteiger partial charge in [-0.25, -0.2) is 0 Å². The molecule has 0 aliphatic heterocycles. The van der Waals surface area contributed by atoms with Crippen LogP contribution in [-0.2, 0) is 4.79 Å². The van der Waals surface area contributed by atoms with Crippen LogP contribution < -0.4 is 5.32 Å². The van der Waals surface area contributed by atoms with Gasteiger partial charge in [-0.2, -0.15) is 0 Å². The number of rotatable bonds is 4. The number of aryl methyl sites for hydroxylation is 1. The van der Waals surface area contributed by atoms with Gasteiger partial charge in [0.1, 0.15) is 0 Å². The van der Waals surface area contributed by atoms with E-state index in [0.717, 1.165) is 5.56 Å². The molecule has 0 heterocycles. The summed E-state index contributed by atoms with van der Waals surface area (Å²) in [6.45, 7) is 5.30. The van der Waals surface area contributed by atoms with E-state index in [4.69, 9.17) is 28.3 Å². The molecule has 2 atom stereocenters. The molecule has 0 spiro atoms. The van der Waals surface area contributed by atoms with E-state index in [1.54, 1.807) is 26.0 Å². The van der Waals surface area contributed by atoms with E-state index < -0.39 is 11.9 Å². The highest BCUT2D eigenvalue weighted by atomic mass is 35.5. The van der Waals surface area contributed by atoms with Gasteiger partial charge in [-0.05, 0) is 38.5 Å². The highest BCUT2D eigenvalue weighted by Gasteiger charge is 2.20. The number of hydrogen-bond donors (Lipinski definition) is 2. The molecule has 94 valence electrons. The predicted octanol–water partition coefficient (Wildman–Crippen LogP) is 3.82. The largest absolute Gasteiger partial charge is 0.481 e. The predicted molar refractivity (Wildman–Crippen MR) is 71.1 cm³/mol. The lowest BCUT2D eigenvalue weighted by Gasteiger charge is -2.20. The molecule has 1 aromatic carbocycles. The third-order valence-electron chi connectivity index (χ3n) is 2.77. The number of halogens is 2. The topological polar surface area (TPSA) is 49.3 Å². The molecule has 1 aromatic rings. The van der Waals surface area contributed by atoms with Crippen molar-refractivity contribution in [2.45, 2.75) is 26.8 Å². The number of carbonyl (C=O) groups is 1. The van der Waals surface area contributed by atoms with Crippen LogP contribution in [0.15, 0.2) is 12.1 Å². The Morgan fingerprint density at radius 2 is 1.88 bits per heavy atom. The first-order chi connectivity index (χ1) is 7.82. The number of carboxylic acid groups (broad SMARTS) is 1. The fourth-order valence-electron chi connectivity index (χ4n) is 1.34. The van der Waals surface area contributed by atoms with Gasteiger partial charge >= 0.3 is 5.97 Å². The Morgan fingerprint density at radius 1 is 1.29 bits per heavy atom. The van der Waals surface area contributed by atoms with Crippen LogP contribution in [0.25, 0.3) is 0 Å². The zero-order valence-electron chi connectivity index (χ0n) is 9.92. The Bertz CT molecular complexity index is 435. The second kappa shape index (κ2) is 5.61. The molecule has 5 heteroatoms. The molecule has 0 aliphatic rings. The average molecular weight is 276 g/mol. The van der Waals surface area contributed by atoms with Crippen LogP contribution in [0.1, 0.15) is 19.4 Å². The first-order valence-electron chi connectivity index (χ1n) is 5.28. The number of aliphatic carboxylic acids is 1. The Labute approximate surface area is 111 Å². The van der Waals surface area contributed by atoms with Crippen LogP contribution in [0.2, 0.25) is 10.0 Å². The van der Waals surface area contributed by atoms with Gasteiger partial charge in [-0.3, -0.25) is 4.79 Å². The standard InChI is InChI=1S/C12H15Cl2NO2/c1-6-4-10(14)11(5-9(6)13)15-8(3)7(2)12(16)17/h4-5,7-8,15H,1-3H3,(H,16,17). The van der Waals surface area contributed by atoms with Crippen LogP contribution in [0.5, 0.6) is 0 Å². The smallest absolute Gasteiger partial charge is 0.308 e. The van der Waals surface area contributed by atoms with Gasteiger partial charge in [-0.1, -0.05) is 23.2 Å². The molecular formula is C12H15Cl2NO2. The van der Waals surface area contributed by atoms with Gasteiger partial charge in [0.2, 0.25) is 0 Å². The van der Waals surface area contributed by atoms with Crippen molar-refractivity contribution < 1.29 is 9.90 Å². The molecule has 0 amide bonds. The van der Waals surface area contributed by atoms with E-state index in [0.29, 0.717) is 15.7 Å². The molecule has 3 nitrogen and oxygen atoms in total. The Balaban J connectivity index is 2.88. The van der Waals surface area contributed by atoms with Crippen molar-refractivity contribution in [3.8, 4) is 0 Å². The molecule has 1 rings (SSSR count). The van der Waals surface area contributed by atoms with E-state index in [2.05, 4.69) is 5.32 Å². The lowest BCUT2D eigenvalue weighted by atomic mass is 10.0. The molecule has 2 unspecified atom stereocenters. The summed E-state index contributed by atoms with van der Waals surface area (Å²) < 4.78 is 0. The Hall–Kier alpha value is -0.930. The van der Waals surface area contributed by atoms with Gasteiger partial charge in [0.05, 0.1) is 16.6 Å². The minimum absolute atomic E-state index is 0.233. The van der Waals surface area contributed by atoms with E-state index in [9.17, 15) is 4.79 Å². The van der Waals surface area contributed by atoms with E-state index >= 15 is 0 Å². The van der Waals surface area contributed by atoms with E-state index in [1.165, 1.54) is 0 Å². The van der Waals surface area contributed by atoms with E-state index in [-0.39, 0.29) is 6.04 Å². The first-order valence-corrected chi connectivity index (χ1v) is 6.03. The highest BCUT2D eigenvalue weighted by molar-refractivity contribution is 6.35. The van der Waals surface area contributed by atoms with Crippen molar-refractivity contribution in [2.24, 2.45) is 5.92 Å². The van der Waals surface area contributed by atoms with Gasteiger partial charge in [0.15, 0.2) is 0 Å². The average Bonchev–Trinajstić information content (AvgIpc) is 2.24. The molecule has 0 aliphatic carbocycles. The summed E-state index contributed by atoms with van der Waals surface area (Å²) in [5.41, 5.74) is 1.55. The summed E-state index contributed by atoms with van der Waals surface area (Å²) in [6.07, 6.45) is 0. The van der Waals surface area contributed by atoms with Crippen molar-refractivity contribution in [2.75, 3.05) is 5.32 Å². The molecule has 2 N–H and O–H groups in total. The van der Waals surface area contributed by atoms with Crippen molar-refractivity contribution in [1.82, 2.24) is 0 Å². The molecule has 0 radical (unpaired) electrons. The second-order valence-electron chi connectivity index (χ2n) is 4.14. The third-order valence-corrected chi connectivity index (χ3v) is 3.49. The minimum atomic E-state index is -0.848. The lowest BCUT2D eigenvalue weighted by molar-refractivity contribution is -0.141. The molecule has 0 aromatic heterocycles. The number of benzene rings is 1. The first kappa shape index (κ1) is 14.1. The molecule has 17 heavy (non-hydrogen) atoms. The van der Waals surface area contributed by atoms with Crippen molar-refractivity contribution >= 4 is 34.9 Å². The fourth-order valence-corrected chi connectivity index (χ4v) is 1.78. The van der Waals surface area contributed by atoms with Crippen LogP contribution in [0.4, 0.5) is 5.69 Å². The van der Waals surface area contributed by atoms with E-state index in [1.807, 2.05) is 6.92 Å².